The molecule has 0 aliphatic rings. The molecule has 0 spiro atoms. The average molecular weight is 263 g/mol. The van der Waals surface area contributed by atoms with Crippen LogP contribution >= 0.6 is 0 Å². The molecule has 0 radical (unpaired) electrons. The largest absolute Gasteiger partial charge is 0.396 e. The third kappa shape index (κ3) is 5.85. The van der Waals surface area contributed by atoms with Crippen molar-refractivity contribution in [3.8, 4) is 0 Å². The van der Waals surface area contributed by atoms with Crippen LogP contribution in [0.3, 0.4) is 0 Å². The summed E-state index contributed by atoms with van der Waals surface area (Å²) in [6.45, 7) is 1.21. The topological polar surface area (TPSA) is 73.3 Å². The second-order valence-electron chi connectivity index (χ2n) is 4.92. The summed E-state index contributed by atoms with van der Waals surface area (Å²) < 4.78 is 0. The normalized spacial score (nSPS) is 12.6. The van der Waals surface area contributed by atoms with Crippen molar-refractivity contribution in [2.75, 3.05) is 20.2 Å². The maximum atomic E-state index is 8.78. The van der Waals surface area contributed by atoms with Crippen LogP contribution in [0, 0.1) is 5.41 Å². The minimum absolute atomic E-state index is 0.160. The first kappa shape index (κ1) is 15.7. The Morgan fingerprint density at radius 2 is 1.95 bits per heavy atom. The van der Waals surface area contributed by atoms with Crippen molar-refractivity contribution in [3.63, 3.8) is 0 Å². The minimum atomic E-state index is 0.160. The Morgan fingerprint density at radius 3 is 2.53 bits per heavy atom. The molecule has 4 N–H and O–H groups in total. The number of hydrogen-bond acceptors (Lipinski definition) is 3. The van der Waals surface area contributed by atoms with Crippen molar-refractivity contribution in [1.29, 1.82) is 5.41 Å². The van der Waals surface area contributed by atoms with Crippen LogP contribution in [-0.4, -0.2) is 36.0 Å². The number of nitrogens with two attached hydrogens (primary N) is 1. The molecule has 0 aliphatic heterocycles. The minimum Gasteiger partial charge on any atom is -0.396 e. The lowest BCUT2D eigenvalue weighted by atomic mass is 10.0. The molecule has 0 amide bonds. The van der Waals surface area contributed by atoms with Gasteiger partial charge in [0.25, 0.3) is 0 Å². The van der Waals surface area contributed by atoms with Gasteiger partial charge in [0.1, 0.15) is 0 Å². The van der Waals surface area contributed by atoms with Crippen LogP contribution in [0.1, 0.15) is 37.3 Å². The summed E-state index contributed by atoms with van der Waals surface area (Å²) >= 11 is 0. The number of hydrogen-bond donors (Lipinski definition) is 3. The number of nitrogens with zero attached hydrogens (tertiary/aromatic N) is 1. The van der Waals surface area contributed by atoms with Crippen molar-refractivity contribution >= 4 is 5.84 Å². The molecule has 0 aromatic heterocycles. The zero-order valence-electron chi connectivity index (χ0n) is 11.7. The predicted octanol–water partition coefficient (Wildman–Crippen LogP) is 2.15. The van der Waals surface area contributed by atoms with Gasteiger partial charge in [0.2, 0.25) is 0 Å². The van der Waals surface area contributed by atoms with Gasteiger partial charge in [-0.05, 0) is 38.4 Å². The SMILES string of the molecule is CN(CCCCCO)C(CC(=N)N)c1ccccc1. The molecule has 1 rings (SSSR count). The van der Waals surface area contributed by atoms with Gasteiger partial charge in [0.15, 0.2) is 0 Å². The molecule has 106 valence electrons. The fraction of sp³-hybridized carbons (Fsp3) is 0.533. The summed E-state index contributed by atoms with van der Waals surface area (Å²) in [5.41, 5.74) is 6.77. The van der Waals surface area contributed by atoms with E-state index in [0.717, 1.165) is 25.8 Å². The van der Waals surface area contributed by atoms with Crippen molar-refractivity contribution in [3.05, 3.63) is 35.9 Å². The van der Waals surface area contributed by atoms with Gasteiger partial charge >= 0.3 is 0 Å². The number of nitrogens with one attached hydrogen (secondary N) is 1. The number of amidine groups is 1. The second kappa shape index (κ2) is 8.67. The molecule has 0 bridgehead atoms. The van der Waals surface area contributed by atoms with E-state index in [-0.39, 0.29) is 18.5 Å². The average Bonchev–Trinajstić information content (AvgIpc) is 2.41. The molecule has 0 saturated heterocycles. The maximum absolute atomic E-state index is 8.78. The van der Waals surface area contributed by atoms with Gasteiger partial charge in [-0.3, -0.25) is 10.3 Å². The molecule has 1 unspecified atom stereocenters. The van der Waals surface area contributed by atoms with Gasteiger partial charge in [-0.1, -0.05) is 30.3 Å². The molecule has 4 nitrogen and oxygen atoms in total. The van der Waals surface area contributed by atoms with Crippen molar-refractivity contribution in [2.45, 2.75) is 31.7 Å². The van der Waals surface area contributed by atoms with Crippen LogP contribution < -0.4 is 5.73 Å². The van der Waals surface area contributed by atoms with E-state index < -0.39 is 0 Å². The molecule has 0 aliphatic carbocycles. The monoisotopic (exact) mass is 263 g/mol. The Kier molecular flexibility index (Phi) is 7.15. The quantitative estimate of drug-likeness (QED) is 0.363. The lowest BCUT2D eigenvalue weighted by Crippen LogP contribution is -2.29. The van der Waals surface area contributed by atoms with Crippen LogP contribution in [0.15, 0.2) is 30.3 Å². The third-order valence-corrected chi connectivity index (χ3v) is 3.30. The maximum Gasteiger partial charge on any atom is 0.0924 e. The highest BCUT2D eigenvalue weighted by atomic mass is 16.2. The summed E-state index contributed by atoms with van der Waals surface area (Å²) in [5.74, 6) is 0.219. The van der Waals surface area contributed by atoms with E-state index in [1.807, 2.05) is 18.2 Å². The van der Waals surface area contributed by atoms with Gasteiger partial charge in [0.05, 0.1) is 5.84 Å². The molecule has 1 aromatic rings. The Hall–Kier alpha value is -1.39. The highest BCUT2D eigenvalue weighted by Gasteiger charge is 2.17. The molecule has 0 heterocycles. The highest BCUT2D eigenvalue weighted by molar-refractivity contribution is 5.77. The first-order valence-corrected chi connectivity index (χ1v) is 6.84. The van der Waals surface area contributed by atoms with Crippen molar-refractivity contribution in [2.24, 2.45) is 5.73 Å². The number of aliphatic hydroxyl groups is 1. The molecule has 19 heavy (non-hydrogen) atoms. The van der Waals surface area contributed by atoms with Gasteiger partial charge < -0.3 is 10.8 Å². The molecular formula is C15H25N3O. The highest BCUT2D eigenvalue weighted by Crippen LogP contribution is 2.23. The van der Waals surface area contributed by atoms with E-state index in [1.54, 1.807) is 0 Å². The number of aliphatic hydroxyl groups excluding tert-OH is 1. The summed E-state index contributed by atoms with van der Waals surface area (Å²) in [5, 5.41) is 16.3. The fourth-order valence-corrected chi connectivity index (χ4v) is 2.22. The van der Waals surface area contributed by atoms with Crippen LogP contribution in [0.4, 0.5) is 0 Å². The van der Waals surface area contributed by atoms with E-state index in [1.165, 1.54) is 5.56 Å². The number of rotatable bonds is 9. The van der Waals surface area contributed by atoms with Crippen LogP contribution in [0.5, 0.6) is 0 Å². The van der Waals surface area contributed by atoms with Gasteiger partial charge in [0, 0.05) is 19.1 Å². The van der Waals surface area contributed by atoms with E-state index in [2.05, 4.69) is 24.1 Å². The van der Waals surface area contributed by atoms with E-state index >= 15 is 0 Å². The molecule has 4 heteroatoms. The lowest BCUT2D eigenvalue weighted by molar-refractivity contribution is 0.235. The van der Waals surface area contributed by atoms with Crippen molar-refractivity contribution < 1.29 is 5.11 Å². The van der Waals surface area contributed by atoms with E-state index in [9.17, 15) is 0 Å². The standard InChI is InChI=1S/C15H25N3O/c1-18(10-6-3-7-11-19)14(12-15(16)17)13-8-4-2-5-9-13/h2,4-5,8-9,14,19H,3,6-7,10-12H2,1H3,(H3,16,17). The molecule has 0 fully saturated rings. The number of unbranched alkanes of at least 4 members (excludes halogenated alkanes) is 2. The molecule has 1 aromatic carbocycles. The summed E-state index contributed by atoms with van der Waals surface area (Å²) in [7, 11) is 2.07. The lowest BCUT2D eigenvalue weighted by Gasteiger charge is -2.28. The van der Waals surface area contributed by atoms with Gasteiger partial charge in [-0.15, -0.1) is 0 Å². The molecule has 0 saturated carbocycles. The summed E-state index contributed by atoms with van der Waals surface area (Å²) in [6.07, 6.45) is 3.50. The predicted molar refractivity (Wildman–Crippen MR) is 79.3 cm³/mol. The Labute approximate surface area is 115 Å². The van der Waals surface area contributed by atoms with E-state index in [0.29, 0.717) is 6.42 Å². The van der Waals surface area contributed by atoms with Gasteiger partial charge in [-0.2, -0.15) is 0 Å². The molecular weight excluding hydrogens is 238 g/mol. The fourth-order valence-electron chi connectivity index (χ4n) is 2.22. The Balaban J connectivity index is 2.60. The zero-order chi connectivity index (χ0) is 14.1. The Morgan fingerprint density at radius 1 is 1.26 bits per heavy atom. The smallest absolute Gasteiger partial charge is 0.0924 e. The summed E-state index contributed by atoms with van der Waals surface area (Å²) in [4.78, 5) is 2.24. The Bertz CT molecular complexity index is 367. The van der Waals surface area contributed by atoms with Crippen LogP contribution in [0.2, 0.25) is 0 Å². The first-order valence-electron chi connectivity index (χ1n) is 6.84. The van der Waals surface area contributed by atoms with E-state index in [4.69, 9.17) is 16.2 Å². The summed E-state index contributed by atoms with van der Waals surface area (Å²) in [6, 6.07) is 10.3. The van der Waals surface area contributed by atoms with Crippen molar-refractivity contribution in [1.82, 2.24) is 4.90 Å². The second-order valence-corrected chi connectivity index (χ2v) is 4.92. The van der Waals surface area contributed by atoms with Gasteiger partial charge in [-0.25, -0.2) is 0 Å². The first-order chi connectivity index (χ1) is 9.15. The zero-order valence-corrected chi connectivity index (χ0v) is 11.7. The molecule has 1 atom stereocenters. The van der Waals surface area contributed by atoms with Crippen LogP contribution in [0.25, 0.3) is 0 Å². The number of benzene rings is 1. The third-order valence-electron chi connectivity index (χ3n) is 3.30. The van der Waals surface area contributed by atoms with Crippen LogP contribution in [-0.2, 0) is 0 Å².